The van der Waals surface area contributed by atoms with E-state index in [1.807, 2.05) is 48.5 Å². The second kappa shape index (κ2) is 9.87. The van der Waals surface area contributed by atoms with Crippen LogP contribution in [0.15, 0.2) is 115 Å². The summed E-state index contributed by atoms with van der Waals surface area (Å²) < 4.78 is 11.2. The van der Waals surface area contributed by atoms with Crippen molar-refractivity contribution < 1.29 is 29.3 Å². The maximum Gasteiger partial charge on any atom is 0.197 e. The van der Waals surface area contributed by atoms with Crippen molar-refractivity contribution in [1.29, 1.82) is 0 Å². The van der Waals surface area contributed by atoms with Gasteiger partial charge in [0.25, 0.3) is 0 Å². The van der Waals surface area contributed by atoms with Crippen LogP contribution in [0.3, 0.4) is 0 Å². The van der Waals surface area contributed by atoms with Gasteiger partial charge in [0, 0.05) is 35.4 Å². The molecule has 38 heavy (non-hydrogen) atoms. The van der Waals surface area contributed by atoms with Crippen LogP contribution in [0.25, 0.3) is 44.6 Å². The van der Waals surface area contributed by atoms with Gasteiger partial charge in [0.15, 0.2) is 22.4 Å². The minimum Gasteiger partial charge on any atom is -0.508 e. The molecule has 8 nitrogen and oxygen atoms in total. The van der Waals surface area contributed by atoms with Crippen LogP contribution in [0.2, 0.25) is 0 Å². The monoisotopic (exact) mass is 508 g/mol. The molecule has 0 bridgehead atoms. The Balaban J connectivity index is 0.000000158. The predicted molar refractivity (Wildman–Crippen MR) is 142 cm³/mol. The van der Waals surface area contributed by atoms with E-state index in [0.717, 1.165) is 17.7 Å². The number of phenolic OH excluding ortho intramolecular Hbond substituents is 4. The van der Waals surface area contributed by atoms with Gasteiger partial charge in [0.2, 0.25) is 0 Å². The maximum absolute atomic E-state index is 12.0. The summed E-state index contributed by atoms with van der Waals surface area (Å²) >= 11 is 0. The summed E-state index contributed by atoms with van der Waals surface area (Å²) in [5.74, 6) is -0.527. The maximum atomic E-state index is 12.0. The van der Waals surface area contributed by atoms with E-state index >= 15 is 0 Å². The molecule has 0 aliphatic rings. The van der Waals surface area contributed by atoms with Crippen molar-refractivity contribution in [2.75, 3.05) is 0 Å². The number of fused-ring (bicyclic) bond motifs is 2. The van der Waals surface area contributed by atoms with E-state index in [1.54, 1.807) is 6.07 Å². The number of hydrogen-bond acceptors (Lipinski definition) is 8. The van der Waals surface area contributed by atoms with Gasteiger partial charge in [0.05, 0.1) is 5.39 Å². The molecule has 0 atom stereocenters. The second-order valence-electron chi connectivity index (χ2n) is 8.35. The first-order valence-corrected chi connectivity index (χ1v) is 11.4. The van der Waals surface area contributed by atoms with Gasteiger partial charge in [-0.3, -0.25) is 9.59 Å². The average Bonchev–Trinajstić information content (AvgIpc) is 2.90. The van der Waals surface area contributed by atoms with Crippen molar-refractivity contribution in [3.05, 3.63) is 118 Å². The summed E-state index contributed by atoms with van der Waals surface area (Å²) in [6, 6.07) is 25.8. The number of para-hydroxylation sites is 1. The van der Waals surface area contributed by atoms with Crippen molar-refractivity contribution in [3.8, 4) is 45.6 Å². The van der Waals surface area contributed by atoms with Crippen molar-refractivity contribution in [3.63, 3.8) is 0 Å². The minimum absolute atomic E-state index is 0.00861. The molecule has 188 valence electrons. The van der Waals surface area contributed by atoms with Gasteiger partial charge in [-0.1, -0.05) is 42.5 Å². The summed E-state index contributed by atoms with van der Waals surface area (Å²) in [6.45, 7) is 0. The van der Waals surface area contributed by atoms with Crippen molar-refractivity contribution in [2.24, 2.45) is 0 Å². The van der Waals surface area contributed by atoms with Crippen molar-refractivity contribution in [2.45, 2.75) is 0 Å². The molecule has 0 aliphatic heterocycles. The highest BCUT2D eigenvalue weighted by molar-refractivity contribution is 5.86. The molecule has 0 aliphatic carbocycles. The summed E-state index contributed by atoms with van der Waals surface area (Å²) in [4.78, 5) is 24.0. The standard InChI is InChI=1S/C15H10O6.C15H10O2/c16-8-4-11(19)15-12(20)6-13(21-14(15)5-8)7-1-2-9(17)10(18)3-7;16-13-10-15(11-6-2-1-3-7-11)17-14-9-5-4-8-12(13)14/h1-6,16-19H;1-10H. The van der Waals surface area contributed by atoms with Crippen LogP contribution < -0.4 is 10.9 Å². The van der Waals surface area contributed by atoms with E-state index in [1.165, 1.54) is 30.3 Å². The average molecular weight is 508 g/mol. The van der Waals surface area contributed by atoms with Crippen LogP contribution in [-0.2, 0) is 0 Å². The van der Waals surface area contributed by atoms with Crippen molar-refractivity contribution in [1.82, 2.24) is 0 Å². The van der Waals surface area contributed by atoms with E-state index in [2.05, 4.69) is 0 Å². The lowest BCUT2D eigenvalue weighted by molar-refractivity contribution is 0.404. The number of aromatic hydroxyl groups is 4. The van der Waals surface area contributed by atoms with Gasteiger partial charge < -0.3 is 29.3 Å². The molecule has 2 heterocycles. The third kappa shape index (κ3) is 4.78. The Morgan fingerprint density at radius 1 is 0.500 bits per heavy atom. The fraction of sp³-hybridized carbons (Fsp3) is 0. The summed E-state index contributed by atoms with van der Waals surface area (Å²) in [6.07, 6.45) is 0. The molecule has 0 saturated carbocycles. The Bertz CT molecular complexity index is 1900. The Labute approximate surface area is 214 Å². The van der Waals surface area contributed by atoms with Crippen LogP contribution in [0.5, 0.6) is 23.0 Å². The Kier molecular flexibility index (Phi) is 6.28. The number of benzene rings is 4. The zero-order valence-electron chi connectivity index (χ0n) is 19.7. The molecule has 0 fully saturated rings. The van der Waals surface area contributed by atoms with Gasteiger partial charge >= 0.3 is 0 Å². The summed E-state index contributed by atoms with van der Waals surface area (Å²) in [5.41, 5.74) is 1.42. The molecule has 8 heteroatoms. The molecule has 0 saturated heterocycles. The lowest BCUT2D eigenvalue weighted by atomic mass is 10.1. The molecule has 4 aromatic carbocycles. The normalized spacial score (nSPS) is 10.7. The van der Waals surface area contributed by atoms with E-state index in [4.69, 9.17) is 8.83 Å². The lowest BCUT2D eigenvalue weighted by Crippen LogP contribution is -2.00. The Hall–Kier alpha value is -5.50. The van der Waals surface area contributed by atoms with Gasteiger partial charge in [0.1, 0.15) is 39.6 Å². The predicted octanol–water partition coefficient (Wildman–Crippen LogP) is 5.74. The molecular formula is C30H20O8. The van der Waals surface area contributed by atoms with E-state index in [9.17, 15) is 30.0 Å². The van der Waals surface area contributed by atoms with Crippen molar-refractivity contribution >= 4 is 21.9 Å². The van der Waals surface area contributed by atoms with E-state index < -0.39 is 5.43 Å². The minimum atomic E-state index is -0.490. The molecule has 6 rings (SSSR count). The Morgan fingerprint density at radius 3 is 1.92 bits per heavy atom. The molecule has 2 aromatic heterocycles. The Morgan fingerprint density at radius 2 is 1.16 bits per heavy atom. The zero-order chi connectivity index (χ0) is 26.8. The lowest BCUT2D eigenvalue weighted by Gasteiger charge is -2.06. The molecule has 0 amide bonds. The largest absolute Gasteiger partial charge is 0.508 e. The third-order valence-corrected chi connectivity index (χ3v) is 5.75. The summed E-state index contributed by atoms with van der Waals surface area (Å²) in [5, 5.41) is 38.5. The van der Waals surface area contributed by atoms with Crippen LogP contribution >= 0.6 is 0 Å². The first kappa shape index (κ1) is 24.2. The number of rotatable bonds is 2. The van der Waals surface area contributed by atoms with Gasteiger partial charge in [-0.2, -0.15) is 0 Å². The molecular weight excluding hydrogens is 488 g/mol. The smallest absolute Gasteiger partial charge is 0.197 e. The zero-order valence-corrected chi connectivity index (χ0v) is 19.7. The molecule has 0 spiro atoms. The molecule has 6 aromatic rings. The van der Waals surface area contributed by atoms with E-state index in [-0.39, 0.29) is 45.2 Å². The quantitative estimate of drug-likeness (QED) is 0.217. The number of phenols is 4. The fourth-order valence-corrected chi connectivity index (χ4v) is 3.92. The molecule has 4 N–H and O–H groups in total. The first-order chi connectivity index (χ1) is 18.3. The highest BCUT2D eigenvalue weighted by atomic mass is 16.3. The highest BCUT2D eigenvalue weighted by Gasteiger charge is 2.13. The van der Waals surface area contributed by atoms with Crippen LogP contribution in [0, 0.1) is 0 Å². The topological polar surface area (TPSA) is 141 Å². The van der Waals surface area contributed by atoms with Crippen LogP contribution in [-0.4, -0.2) is 20.4 Å². The summed E-state index contributed by atoms with van der Waals surface area (Å²) in [7, 11) is 0. The fourth-order valence-electron chi connectivity index (χ4n) is 3.92. The second-order valence-corrected chi connectivity index (χ2v) is 8.35. The van der Waals surface area contributed by atoms with Gasteiger partial charge in [-0.25, -0.2) is 0 Å². The van der Waals surface area contributed by atoms with Crippen LogP contribution in [0.4, 0.5) is 0 Å². The number of hydrogen-bond donors (Lipinski definition) is 4. The molecule has 0 unspecified atom stereocenters. The first-order valence-electron chi connectivity index (χ1n) is 11.4. The highest BCUT2D eigenvalue weighted by Crippen LogP contribution is 2.33. The van der Waals surface area contributed by atoms with Gasteiger partial charge in [-0.05, 0) is 30.3 Å². The van der Waals surface area contributed by atoms with E-state index in [0.29, 0.717) is 22.3 Å². The molecule has 0 radical (unpaired) electrons. The SMILES string of the molecule is O=c1cc(-c2ccc(O)c(O)c2)oc2cc(O)cc(O)c12.O=c1cc(-c2ccccc2)oc2ccccc12. The third-order valence-electron chi connectivity index (χ3n) is 5.75. The van der Waals surface area contributed by atoms with Crippen LogP contribution in [0.1, 0.15) is 0 Å². The van der Waals surface area contributed by atoms with Gasteiger partial charge in [-0.15, -0.1) is 0 Å².